The molecule has 0 aliphatic rings. The summed E-state index contributed by atoms with van der Waals surface area (Å²) in [6.07, 6.45) is 3.50. The van der Waals surface area contributed by atoms with Crippen LogP contribution in [0.1, 0.15) is 31.3 Å². The van der Waals surface area contributed by atoms with Crippen LogP contribution in [0.4, 0.5) is 0 Å². The molecule has 0 fully saturated rings. The molecule has 1 N–H and O–H groups in total. The van der Waals surface area contributed by atoms with E-state index in [9.17, 15) is 5.11 Å². The molecule has 4 nitrogen and oxygen atoms in total. The molecule has 0 aliphatic heterocycles. The average molecular weight is 257 g/mol. The van der Waals surface area contributed by atoms with Crippen LogP contribution in [0.5, 0.6) is 0 Å². The predicted octanol–water partition coefficient (Wildman–Crippen LogP) is 2.58. The highest BCUT2D eigenvalue weighted by atomic mass is 16.3. The van der Waals surface area contributed by atoms with Gasteiger partial charge in [-0.2, -0.15) is 0 Å². The lowest BCUT2D eigenvalue weighted by molar-refractivity contribution is 0.231. The molecule has 0 amide bonds. The van der Waals surface area contributed by atoms with Crippen LogP contribution in [0.2, 0.25) is 0 Å². The van der Waals surface area contributed by atoms with Gasteiger partial charge in [0.05, 0.1) is 12.3 Å². The molecule has 1 unspecified atom stereocenters. The maximum absolute atomic E-state index is 9.51. The largest absolute Gasteiger partial charge is 0.396 e. The molecule has 0 spiro atoms. The lowest BCUT2D eigenvalue weighted by Gasteiger charge is -2.17. The van der Waals surface area contributed by atoms with Crippen LogP contribution in [0.25, 0.3) is 11.3 Å². The Labute approximate surface area is 113 Å². The number of aliphatic hydroxyl groups excluding tert-OH is 1. The molecule has 0 radical (unpaired) electrons. The Hall–Kier alpha value is -1.81. The normalized spacial score (nSPS) is 12.7. The van der Waals surface area contributed by atoms with E-state index in [1.54, 1.807) is 12.4 Å². The number of hydrogen-bond acceptors (Lipinski definition) is 4. The van der Waals surface area contributed by atoms with Gasteiger partial charge in [-0.3, -0.25) is 4.98 Å². The van der Waals surface area contributed by atoms with Crippen LogP contribution in [-0.2, 0) is 0 Å². The fourth-order valence-corrected chi connectivity index (χ4v) is 2.02. The van der Waals surface area contributed by atoms with Crippen molar-refractivity contribution in [3.8, 4) is 11.3 Å². The third-order valence-electron chi connectivity index (χ3n) is 3.18. The first-order valence-electron chi connectivity index (χ1n) is 6.48. The second-order valence-corrected chi connectivity index (χ2v) is 5.02. The topological polar surface area (TPSA) is 58.9 Å². The molecule has 19 heavy (non-hydrogen) atoms. The second kappa shape index (κ2) is 5.89. The summed E-state index contributed by atoms with van der Waals surface area (Å²) in [6, 6.07) is 5.80. The van der Waals surface area contributed by atoms with Gasteiger partial charge in [0.15, 0.2) is 0 Å². The molecule has 0 aromatic carbocycles. The molecule has 1 atom stereocenters. The van der Waals surface area contributed by atoms with Crippen molar-refractivity contribution in [2.45, 2.75) is 26.7 Å². The van der Waals surface area contributed by atoms with E-state index >= 15 is 0 Å². The zero-order valence-corrected chi connectivity index (χ0v) is 11.5. The zero-order valence-electron chi connectivity index (χ0n) is 11.5. The van der Waals surface area contributed by atoms with Crippen LogP contribution in [0, 0.1) is 12.8 Å². The van der Waals surface area contributed by atoms with E-state index < -0.39 is 0 Å². The van der Waals surface area contributed by atoms with E-state index in [-0.39, 0.29) is 12.5 Å². The maximum Gasteiger partial charge on any atom is 0.134 e. The number of aliphatic hydroxyl groups is 1. The van der Waals surface area contributed by atoms with Crippen molar-refractivity contribution in [2.75, 3.05) is 6.61 Å². The molecule has 2 heterocycles. The van der Waals surface area contributed by atoms with E-state index in [1.807, 2.05) is 25.1 Å². The third-order valence-corrected chi connectivity index (χ3v) is 3.18. The van der Waals surface area contributed by atoms with E-state index in [2.05, 4.69) is 28.8 Å². The van der Waals surface area contributed by atoms with E-state index in [0.717, 1.165) is 17.0 Å². The molecule has 2 rings (SSSR count). The standard InChI is InChI=1S/C15H19N3O/c1-10(2)13(9-19)15-17-11(3)8-14(18-15)12-4-6-16-7-5-12/h4-8,10,13,19H,9H2,1-3H3. The van der Waals surface area contributed by atoms with Gasteiger partial charge >= 0.3 is 0 Å². The van der Waals surface area contributed by atoms with Crippen molar-refractivity contribution in [3.63, 3.8) is 0 Å². The van der Waals surface area contributed by atoms with Crippen molar-refractivity contribution in [2.24, 2.45) is 5.92 Å². The minimum absolute atomic E-state index is 0.0273. The molecule has 0 saturated heterocycles. The molecule has 2 aromatic heterocycles. The fraction of sp³-hybridized carbons (Fsp3) is 0.400. The van der Waals surface area contributed by atoms with Crippen LogP contribution < -0.4 is 0 Å². The minimum atomic E-state index is -0.0273. The number of pyridine rings is 1. The van der Waals surface area contributed by atoms with Gasteiger partial charge in [0.2, 0.25) is 0 Å². The molecular weight excluding hydrogens is 238 g/mol. The quantitative estimate of drug-likeness (QED) is 0.914. The Kier molecular flexibility index (Phi) is 4.22. The molecular formula is C15H19N3O. The first kappa shape index (κ1) is 13.6. The van der Waals surface area contributed by atoms with Crippen LogP contribution >= 0.6 is 0 Å². The van der Waals surface area contributed by atoms with Gasteiger partial charge in [-0.15, -0.1) is 0 Å². The first-order valence-corrected chi connectivity index (χ1v) is 6.48. The second-order valence-electron chi connectivity index (χ2n) is 5.02. The summed E-state index contributed by atoms with van der Waals surface area (Å²) >= 11 is 0. The summed E-state index contributed by atoms with van der Waals surface area (Å²) in [6.45, 7) is 6.15. The Morgan fingerprint density at radius 2 is 1.84 bits per heavy atom. The lowest BCUT2D eigenvalue weighted by atomic mass is 9.95. The molecule has 100 valence electrons. The summed E-state index contributed by atoms with van der Waals surface area (Å²) in [7, 11) is 0. The lowest BCUT2D eigenvalue weighted by Crippen LogP contribution is -2.15. The summed E-state index contributed by atoms with van der Waals surface area (Å²) in [5.74, 6) is 0.988. The molecule has 4 heteroatoms. The van der Waals surface area contributed by atoms with Crippen molar-refractivity contribution >= 4 is 0 Å². The van der Waals surface area contributed by atoms with Crippen LogP contribution in [0.3, 0.4) is 0 Å². The van der Waals surface area contributed by atoms with Gasteiger partial charge in [-0.05, 0) is 31.0 Å². The van der Waals surface area contributed by atoms with Crippen molar-refractivity contribution in [3.05, 3.63) is 42.1 Å². The summed E-state index contributed by atoms with van der Waals surface area (Å²) in [5, 5.41) is 9.51. The average Bonchev–Trinajstić information content (AvgIpc) is 2.39. The van der Waals surface area contributed by atoms with Crippen molar-refractivity contribution in [1.82, 2.24) is 15.0 Å². The highest BCUT2D eigenvalue weighted by molar-refractivity contribution is 5.58. The van der Waals surface area contributed by atoms with Gasteiger partial charge in [-0.1, -0.05) is 13.8 Å². The number of nitrogens with zero attached hydrogens (tertiary/aromatic N) is 3. The van der Waals surface area contributed by atoms with Crippen LogP contribution in [0.15, 0.2) is 30.6 Å². The number of hydrogen-bond donors (Lipinski definition) is 1. The van der Waals surface area contributed by atoms with E-state index in [0.29, 0.717) is 11.7 Å². The predicted molar refractivity (Wildman–Crippen MR) is 74.7 cm³/mol. The monoisotopic (exact) mass is 257 g/mol. The SMILES string of the molecule is Cc1cc(-c2ccncc2)nc(C(CO)C(C)C)n1. The Morgan fingerprint density at radius 3 is 2.42 bits per heavy atom. The zero-order chi connectivity index (χ0) is 13.8. The van der Waals surface area contributed by atoms with Gasteiger partial charge in [0.1, 0.15) is 5.82 Å². The minimum Gasteiger partial charge on any atom is -0.396 e. The Balaban J connectivity index is 2.45. The van der Waals surface area contributed by atoms with Gasteiger partial charge in [-0.25, -0.2) is 9.97 Å². The fourth-order valence-electron chi connectivity index (χ4n) is 2.02. The van der Waals surface area contributed by atoms with E-state index in [1.165, 1.54) is 0 Å². The Bertz CT molecular complexity index is 540. The summed E-state index contributed by atoms with van der Waals surface area (Å²) < 4.78 is 0. The van der Waals surface area contributed by atoms with Gasteiger partial charge in [0, 0.05) is 29.6 Å². The number of aryl methyl sites for hydroxylation is 1. The maximum atomic E-state index is 9.51. The molecule has 0 saturated carbocycles. The third kappa shape index (κ3) is 3.15. The number of rotatable bonds is 4. The summed E-state index contributed by atoms with van der Waals surface area (Å²) in [5.41, 5.74) is 2.81. The van der Waals surface area contributed by atoms with Gasteiger partial charge in [0.25, 0.3) is 0 Å². The Morgan fingerprint density at radius 1 is 1.16 bits per heavy atom. The van der Waals surface area contributed by atoms with E-state index in [4.69, 9.17) is 0 Å². The van der Waals surface area contributed by atoms with Gasteiger partial charge < -0.3 is 5.11 Å². The van der Waals surface area contributed by atoms with Crippen molar-refractivity contribution < 1.29 is 5.11 Å². The highest BCUT2D eigenvalue weighted by Gasteiger charge is 2.19. The van der Waals surface area contributed by atoms with Crippen molar-refractivity contribution in [1.29, 1.82) is 0 Å². The first-order chi connectivity index (χ1) is 9.11. The molecule has 0 aliphatic carbocycles. The number of aromatic nitrogens is 3. The molecule has 0 bridgehead atoms. The molecule has 2 aromatic rings. The smallest absolute Gasteiger partial charge is 0.134 e. The van der Waals surface area contributed by atoms with Crippen LogP contribution in [-0.4, -0.2) is 26.7 Å². The summed E-state index contributed by atoms with van der Waals surface area (Å²) in [4.78, 5) is 13.1. The highest BCUT2D eigenvalue weighted by Crippen LogP contribution is 2.24.